The maximum absolute atomic E-state index is 13.5. The second kappa shape index (κ2) is 48.1. The zero-order valence-electron chi connectivity index (χ0n) is 82.9. The number of aromatic amines is 5. The molecule has 2 unspecified atom stereocenters. The lowest BCUT2D eigenvalue weighted by atomic mass is 10.1. The van der Waals surface area contributed by atoms with Crippen molar-refractivity contribution in [3.05, 3.63) is 270 Å². The molecule has 2 atom stereocenters. The Balaban J connectivity index is 0.000000127. The Morgan fingerprint density at radius 2 is 0.759 bits per heavy atom. The number of rotatable bonds is 28. The minimum atomic E-state index is -0.522. The van der Waals surface area contributed by atoms with Gasteiger partial charge in [0, 0.05) is 238 Å². The van der Waals surface area contributed by atoms with Gasteiger partial charge < -0.3 is 55.2 Å². The molecule has 32 heteroatoms. The fourth-order valence-corrected chi connectivity index (χ4v) is 21.5. The lowest BCUT2D eigenvalue weighted by molar-refractivity contribution is 0.0995. The number of thiazole rings is 2. The molecule has 141 heavy (non-hydrogen) atoms. The molecule has 0 radical (unpaired) electrons. The number of nitrogens with zero attached hydrogens (tertiary/aromatic N) is 22. The van der Waals surface area contributed by atoms with E-state index in [2.05, 4.69) is 196 Å². The van der Waals surface area contributed by atoms with E-state index in [1.807, 2.05) is 142 Å². The molecule has 5 aliphatic heterocycles. The third-order valence-electron chi connectivity index (χ3n) is 28.0. The van der Waals surface area contributed by atoms with Crippen LogP contribution < -0.4 is 30.2 Å². The molecular weight excluding hydrogens is 1800 g/mol. The number of benzene rings is 5. The summed E-state index contributed by atoms with van der Waals surface area (Å²) in [6, 6.07) is 37.1. The van der Waals surface area contributed by atoms with Crippen molar-refractivity contribution in [2.24, 2.45) is 5.73 Å². The van der Waals surface area contributed by atoms with Crippen LogP contribution >= 0.6 is 22.7 Å². The van der Waals surface area contributed by atoms with Crippen LogP contribution in [0.2, 0.25) is 0 Å². The van der Waals surface area contributed by atoms with E-state index in [4.69, 9.17) is 35.7 Å². The molecule has 10 aromatic heterocycles. The number of nitriles is 1. The van der Waals surface area contributed by atoms with Crippen LogP contribution in [-0.2, 0) is 32.1 Å². The van der Waals surface area contributed by atoms with E-state index in [1.54, 1.807) is 23.5 Å². The van der Waals surface area contributed by atoms with Gasteiger partial charge in [0.15, 0.2) is 27.3 Å². The van der Waals surface area contributed by atoms with Crippen LogP contribution in [0.5, 0.6) is 0 Å². The van der Waals surface area contributed by atoms with Gasteiger partial charge in [0.25, 0.3) is 5.91 Å². The molecule has 15 heterocycles. The Morgan fingerprint density at radius 3 is 1.15 bits per heavy atom. The summed E-state index contributed by atoms with van der Waals surface area (Å²) >= 11 is 3.61. The normalized spacial score (nSPS) is 16.2. The first-order valence-electron chi connectivity index (χ1n) is 49.8. The molecule has 15 aromatic rings. The minimum Gasteiger partial charge on any atom is -0.364 e. The molecule has 0 bridgehead atoms. The van der Waals surface area contributed by atoms with Crippen LogP contribution in [0, 0.1) is 85.3 Å². The zero-order valence-corrected chi connectivity index (χ0v) is 84.5. The average molecular weight is 1930 g/mol. The number of carbonyl (C=O) groups is 1. The van der Waals surface area contributed by atoms with Crippen molar-refractivity contribution >= 4 is 128 Å². The highest BCUT2D eigenvalue weighted by Crippen LogP contribution is 2.34. The van der Waals surface area contributed by atoms with Crippen molar-refractivity contribution in [2.75, 3.05) is 175 Å². The molecule has 5 aliphatic rings. The Hall–Kier alpha value is -13.5. The van der Waals surface area contributed by atoms with E-state index >= 15 is 0 Å². The van der Waals surface area contributed by atoms with Crippen molar-refractivity contribution in [1.82, 2.24) is 89.3 Å². The second-order valence-electron chi connectivity index (χ2n) is 37.9. The molecule has 5 aromatic carbocycles. The summed E-state index contributed by atoms with van der Waals surface area (Å²) in [5.41, 5.74) is 25.5. The number of nitrogens with one attached hydrogen (secondary N) is 5. The Kier molecular flexibility index (Phi) is 34.3. The molecule has 0 aliphatic carbocycles. The topological polar surface area (TPSA) is 294 Å². The number of carbonyl (C=O) groups excluding carboxylic acids is 1. The summed E-state index contributed by atoms with van der Waals surface area (Å²) in [7, 11) is 0. The molecule has 20 rings (SSSR count). The maximum Gasteiger partial charge on any atom is 0.267 e. The summed E-state index contributed by atoms with van der Waals surface area (Å²) in [4.78, 5) is 102. The van der Waals surface area contributed by atoms with Gasteiger partial charge in [-0.1, -0.05) is 18.2 Å². The number of piperazine rings is 5. The van der Waals surface area contributed by atoms with Crippen molar-refractivity contribution in [3.63, 3.8) is 0 Å². The van der Waals surface area contributed by atoms with E-state index in [-0.39, 0.29) is 11.5 Å². The third kappa shape index (κ3) is 26.4. The molecule has 732 valence electrons. The number of aromatic nitrogens is 13. The predicted octanol–water partition coefficient (Wildman–Crippen LogP) is 19.4. The molecule has 0 saturated carbocycles. The van der Waals surface area contributed by atoms with Gasteiger partial charge in [0.05, 0.1) is 42.7 Å². The quantitative estimate of drug-likeness (QED) is 0.0196. The largest absolute Gasteiger partial charge is 0.364 e. The molecule has 7 N–H and O–H groups in total. The maximum atomic E-state index is 13.5. The van der Waals surface area contributed by atoms with Crippen molar-refractivity contribution in [3.8, 4) is 6.07 Å². The van der Waals surface area contributed by atoms with Crippen molar-refractivity contribution in [1.29, 1.82) is 5.26 Å². The summed E-state index contributed by atoms with van der Waals surface area (Å²) in [5.74, 6) is 1.61. The standard InChI is InChI=1S/C23H27N7O.C23H28N6.C22H26N6.C21H25N5S.C20H25FN4S/c1-16-13-21(22(24)31)28-23(27-16)30-11-9-29(10-12-30)8-4-3-5-17-15-26-20-7-6-18(25-2)14-19(17)20;1-17-9-10-25-23(27-17)29-13-12-28(18(2)16-29)11-5-4-6-19-15-26-22-8-7-20(24-3)14-21(19)22;1-16-8-9-24-22(26-16)28-12-11-27(17(2)15-28)10-4-5-18-14-25-21-7-6-19(23-3)13-20(18)21;1-15-16(2)27-21(24-15)26-10-8-25(9-11-26)7-3-4-18-14-23-20-6-5-17(13-22)12-19(18)20;1-14-15(2)26-20(23-14)25-10-8-24(9-11-25)7-3-4-16-13-22-19-6-5-17(21)12-18(16)19/h6-7,13-15,26H,3-5,8-12H2,1H3,(H2,24,31);7-10,14-15,18,26H,4-6,11-13,16H2,1-2H3;6-9,13-14,17,25H,4-5,10-12,15H2,1-2H3;5-6,12,14,23H,3-4,7-11H2,1-2H3;5-6,12-13,22H,3-4,7-11H2,1-2H3. The average Bonchev–Trinajstić information content (AvgIpc) is 1.33. The Labute approximate surface area is 835 Å². The van der Waals surface area contributed by atoms with E-state index in [0.29, 0.717) is 35.1 Å². The Bertz CT molecular complexity index is 6870. The fourth-order valence-electron chi connectivity index (χ4n) is 19.6. The number of hydrogen-bond acceptors (Lipinski definition) is 22. The third-order valence-corrected chi connectivity index (χ3v) is 30.3. The SMILES string of the molecule is Cc1nc(N2CCN(CCCc3c[nH]c4ccc(C#N)cc34)CC2)sc1C.Cc1nc(N2CCN(CCCc3c[nH]c4ccc(F)cc34)CC2)sc1C.[C-]#[N+]c1ccc2[nH]cc(CCCCN3CCN(c4nc(C)cc(C(N)=O)n4)CC3)c2c1.[C-]#[N+]c1ccc2[nH]cc(CCCCN3CCN(c4nccc(C)n4)CC3C)c2c1.[C-]#[N+]c1ccc2[nH]cc(CCCN3CCN(c4nccc(C)n4)CC3C)c2c1. The number of amides is 1. The van der Waals surface area contributed by atoms with E-state index in [1.165, 1.54) is 76.5 Å². The highest BCUT2D eigenvalue weighted by Gasteiger charge is 2.30. The summed E-state index contributed by atoms with van der Waals surface area (Å²) in [6.07, 6.45) is 27.1. The number of nitrogens with two attached hydrogens (primary N) is 1. The first-order chi connectivity index (χ1) is 68.5. The first kappa shape index (κ1) is 100. The number of anilines is 5. The van der Waals surface area contributed by atoms with Gasteiger partial charge in [-0.3, -0.25) is 29.3 Å². The highest BCUT2D eigenvalue weighted by atomic mass is 32.1. The van der Waals surface area contributed by atoms with Gasteiger partial charge in [-0.05, 0) is 307 Å². The van der Waals surface area contributed by atoms with Crippen LogP contribution in [0.4, 0.5) is 49.6 Å². The number of halogens is 1. The molecule has 1 amide bonds. The highest BCUT2D eigenvalue weighted by molar-refractivity contribution is 7.16. The molecule has 0 spiro atoms. The van der Waals surface area contributed by atoms with Gasteiger partial charge in [-0.15, -0.1) is 22.7 Å². The van der Waals surface area contributed by atoms with Crippen molar-refractivity contribution < 1.29 is 9.18 Å². The summed E-state index contributed by atoms with van der Waals surface area (Å²) in [6.45, 7) is 64.2. The number of hydrogen-bond donors (Lipinski definition) is 6. The van der Waals surface area contributed by atoms with E-state index < -0.39 is 5.91 Å². The molecule has 5 fully saturated rings. The monoisotopic (exact) mass is 1930 g/mol. The van der Waals surface area contributed by atoms with Crippen LogP contribution in [0.3, 0.4) is 0 Å². The van der Waals surface area contributed by atoms with Gasteiger partial charge >= 0.3 is 0 Å². The van der Waals surface area contributed by atoms with E-state index in [9.17, 15) is 9.18 Å². The molecule has 5 saturated heterocycles. The summed E-state index contributed by atoms with van der Waals surface area (Å²) in [5, 5.41) is 17.2. The predicted molar refractivity (Wildman–Crippen MR) is 570 cm³/mol. The molecular formula is C109H131FN28OS2. The van der Waals surface area contributed by atoms with Crippen LogP contribution in [-0.4, -0.2) is 258 Å². The van der Waals surface area contributed by atoms with Crippen molar-refractivity contribution in [2.45, 2.75) is 151 Å². The fraction of sp³-hybridized carbons (Fsp3) is 0.422. The number of unbranched alkanes of at least 4 members (excludes halogenated alkanes) is 2. The lowest BCUT2D eigenvalue weighted by Gasteiger charge is -2.40. The number of primary amides is 1. The molecule has 29 nitrogen and oxygen atoms in total. The van der Waals surface area contributed by atoms with Crippen LogP contribution in [0.1, 0.15) is 141 Å². The van der Waals surface area contributed by atoms with Gasteiger partial charge in [-0.2, -0.15) is 5.26 Å². The van der Waals surface area contributed by atoms with Gasteiger partial charge in [0.2, 0.25) is 17.8 Å². The number of fused-ring (bicyclic) bond motifs is 5. The van der Waals surface area contributed by atoms with Crippen LogP contribution in [0.15, 0.2) is 153 Å². The smallest absolute Gasteiger partial charge is 0.267 e. The van der Waals surface area contributed by atoms with Gasteiger partial charge in [-0.25, -0.2) is 58.8 Å². The summed E-state index contributed by atoms with van der Waals surface area (Å²) < 4.78 is 13.5. The first-order valence-corrected chi connectivity index (χ1v) is 51.4. The lowest BCUT2D eigenvalue weighted by Crippen LogP contribution is -2.52. The number of H-pyrrole nitrogens is 5. The number of aryl methyl sites for hydroxylation is 12. The second-order valence-corrected chi connectivity index (χ2v) is 40.2. The Morgan fingerprint density at radius 1 is 0.404 bits per heavy atom. The van der Waals surface area contributed by atoms with Crippen LogP contribution in [0.25, 0.3) is 69.0 Å². The zero-order chi connectivity index (χ0) is 98.4. The van der Waals surface area contributed by atoms with E-state index in [0.717, 1.165) is 305 Å². The van der Waals surface area contributed by atoms with Gasteiger partial charge in [0.1, 0.15) is 11.5 Å². The minimum absolute atomic E-state index is 0.165.